The van der Waals surface area contributed by atoms with Crippen LogP contribution in [0.15, 0.2) is 48.5 Å². The molecule has 0 aromatic heterocycles. The average molecular weight is 451 g/mol. The summed E-state index contributed by atoms with van der Waals surface area (Å²) in [5, 5.41) is 7.57. The van der Waals surface area contributed by atoms with Gasteiger partial charge in [0.1, 0.15) is 12.1 Å². The second kappa shape index (κ2) is 10.2. The van der Waals surface area contributed by atoms with Gasteiger partial charge in [0.2, 0.25) is 5.91 Å². The van der Waals surface area contributed by atoms with E-state index >= 15 is 0 Å². The molecule has 0 fully saturated rings. The maximum absolute atomic E-state index is 12.6. The van der Waals surface area contributed by atoms with Gasteiger partial charge >= 0.3 is 12.3 Å². The van der Waals surface area contributed by atoms with Crippen LogP contribution in [0.2, 0.25) is 0 Å². The summed E-state index contributed by atoms with van der Waals surface area (Å²) in [6.07, 6.45) is -5.19. The van der Waals surface area contributed by atoms with Crippen LogP contribution in [0.25, 0.3) is 0 Å². The summed E-state index contributed by atoms with van der Waals surface area (Å²) in [7, 11) is 0. The van der Waals surface area contributed by atoms with Crippen molar-refractivity contribution in [1.82, 2.24) is 10.6 Å². The van der Waals surface area contributed by atoms with Gasteiger partial charge < -0.3 is 20.7 Å². The van der Waals surface area contributed by atoms with E-state index in [4.69, 9.17) is 4.74 Å². The summed E-state index contributed by atoms with van der Waals surface area (Å²) in [6.45, 7) is 4.92. The van der Waals surface area contributed by atoms with Crippen LogP contribution in [0.5, 0.6) is 0 Å². The molecular formula is C22H24F3N3O4. The van der Waals surface area contributed by atoms with Gasteiger partial charge in [0.25, 0.3) is 5.91 Å². The summed E-state index contributed by atoms with van der Waals surface area (Å²) < 4.78 is 42.9. The van der Waals surface area contributed by atoms with E-state index in [1.54, 1.807) is 45.0 Å². The Bertz CT molecular complexity index is 968. The smallest absolute Gasteiger partial charge is 0.416 e. The summed E-state index contributed by atoms with van der Waals surface area (Å²) in [4.78, 5) is 35.8. The number of nitrogens with one attached hydrogen (secondary N) is 3. The van der Waals surface area contributed by atoms with E-state index in [2.05, 4.69) is 16.0 Å². The number of ether oxygens (including phenoxy) is 1. The number of carbonyl (C=O) groups excluding carboxylic acids is 3. The maximum atomic E-state index is 12.6. The number of halogens is 3. The van der Waals surface area contributed by atoms with Crippen molar-refractivity contribution < 1.29 is 32.3 Å². The van der Waals surface area contributed by atoms with E-state index in [0.29, 0.717) is 11.3 Å². The third-order valence-electron chi connectivity index (χ3n) is 3.93. The Morgan fingerprint density at radius 2 is 1.59 bits per heavy atom. The molecule has 172 valence electrons. The molecule has 0 atom stereocenters. The van der Waals surface area contributed by atoms with Crippen LogP contribution in [0.1, 0.15) is 42.3 Å². The molecule has 0 radical (unpaired) electrons. The van der Waals surface area contributed by atoms with Crippen molar-refractivity contribution in [3.8, 4) is 0 Å². The molecule has 0 unspecified atom stereocenters. The Labute approximate surface area is 183 Å². The largest absolute Gasteiger partial charge is 0.444 e. The van der Waals surface area contributed by atoms with E-state index in [-0.39, 0.29) is 18.7 Å². The lowest BCUT2D eigenvalue weighted by atomic mass is 10.1. The molecule has 0 bridgehead atoms. The first kappa shape index (κ1) is 24.7. The molecule has 0 aliphatic carbocycles. The molecule has 0 saturated heterocycles. The molecule has 0 aliphatic heterocycles. The van der Waals surface area contributed by atoms with E-state index in [1.807, 2.05) is 0 Å². The highest BCUT2D eigenvalue weighted by molar-refractivity contribution is 5.95. The Hall–Kier alpha value is -3.56. The number of rotatable bonds is 6. The van der Waals surface area contributed by atoms with Crippen LogP contribution in [0, 0.1) is 0 Å². The molecule has 7 nitrogen and oxygen atoms in total. The van der Waals surface area contributed by atoms with Crippen LogP contribution < -0.4 is 16.0 Å². The van der Waals surface area contributed by atoms with Crippen molar-refractivity contribution in [2.45, 2.75) is 39.1 Å². The summed E-state index contributed by atoms with van der Waals surface area (Å²) >= 11 is 0. The van der Waals surface area contributed by atoms with Gasteiger partial charge in [0.05, 0.1) is 5.56 Å². The fourth-order valence-electron chi connectivity index (χ4n) is 2.53. The third kappa shape index (κ3) is 8.29. The van der Waals surface area contributed by atoms with Crippen molar-refractivity contribution in [2.24, 2.45) is 0 Å². The lowest BCUT2D eigenvalue weighted by Gasteiger charge is -2.19. The minimum absolute atomic E-state index is 0.0932. The zero-order valence-corrected chi connectivity index (χ0v) is 17.8. The van der Waals surface area contributed by atoms with Crippen LogP contribution >= 0.6 is 0 Å². The van der Waals surface area contributed by atoms with E-state index in [9.17, 15) is 27.6 Å². The minimum Gasteiger partial charge on any atom is -0.444 e. The lowest BCUT2D eigenvalue weighted by Crippen LogP contribution is -2.37. The molecule has 32 heavy (non-hydrogen) atoms. The number of alkyl halides is 3. The first-order valence-corrected chi connectivity index (χ1v) is 9.64. The summed E-state index contributed by atoms with van der Waals surface area (Å²) in [5.41, 5.74) is -0.320. The Balaban J connectivity index is 1.86. The van der Waals surface area contributed by atoms with Crippen molar-refractivity contribution in [2.75, 3.05) is 11.9 Å². The first-order valence-electron chi connectivity index (χ1n) is 9.64. The van der Waals surface area contributed by atoms with Crippen LogP contribution in [-0.4, -0.2) is 30.1 Å². The highest BCUT2D eigenvalue weighted by atomic mass is 19.4. The Morgan fingerprint density at radius 3 is 2.19 bits per heavy atom. The molecule has 2 aromatic carbocycles. The van der Waals surface area contributed by atoms with Crippen molar-refractivity contribution >= 4 is 23.6 Å². The second-order valence-corrected chi connectivity index (χ2v) is 7.86. The van der Waals surface area contributed by atoms with Crippen molar-refractivity contribution in [3.05, 3.63) is 65.2 Å². The molecule has 2 aromatic rings. The third-order valence-corrected chi connectivity index (χ3v) is 3.93. The Kier molecular flexibility index (Phi) is 7.85. The predicted molar refractivity (Wildman–Crippen MR) is 112 cm³/mol. The van der Waals surface area contributed by atoms with Gasteiger partial charge in [-0.25, -0.2) is 4.79 Å². The van der Waals surface area contributed by atoms with E-state index < -0.39 is 35.2 Å². The number of benzene rings is 2. The highest BCUT2D eigenvalue weighted by Gasteiger charge is 2.30. The van der Waals surface area contributed by atoms with Crippen LogP contribution in [0.4, 0.5) is 23.7 Å². The standard InChI is InChI=1S/C22H24F3N3O4/c1-21(2,3)32-20(31)27-13-18(29)28-17-6-4-5-14(11-17)12-26-19(30)15-7-9-16(10-8-15)22(23,24)25/h4-11H,12-13H2,1-3H3,(H,26,30)(H,27,31)(H,28,29). The molecule has 0 saturated carbocycles. The van der Waals surface area contributed by atoms with Crippen molar-refractivity contribution in [3.63, 3.8) is 0 Å². The highest BCUT2D eigenvalue weighted by Crippen LogP contribution is 2.29. The lowest BCUT2D eigenvalue weighted by molar-refractivity contribution is -0.137. The molecule has 0 aliphatic rings. The van der Waals surface area contributed by atoms with Gasteiger partial charge in [-0.1, -0.05) is 12.1 Å². The molecular weight excluding hydrogens is 427 g/mol. The molecule has 0 heterocycles. The monoisotopic (exact) mass is 451 g/mol. The number of hydrogen-bond acceptors (Lipinski definition) is 4. The van der Waals surface area contributed by atoms with Gasteiger partial charge in [0.15, 0.2) is 0 Å². The number of amides is 3. The zero-order valence-electron chi connectivity index (χ0n) is 17.8. The predicted octanol–water partition coefficient (Wildman–Crippen LogP) is 4.10. The fourth-order valence-corrected chi connectivity index (χ4v) is 2.53. The van der Waals surface area contributed by atoms with E-state index in [1.165, 1.54) is 0 Å². The van der Waals surface area contributed by atoms with Gasteiger partial charge in [0, 0.05) is 17.8 Å². The molecule has 10 heteroatoms. The van der Waals surface area contributed by atoms with E-state index in [0.717, 1.165) is 24.3 Å². The second-order valence-electron chi connectivity index (χ2n) is 7.86. The number of hydrogen-bond donors (Lipinski definition) is 3. The zero-order chi connectivity index (χ0) is 23.9. The quantitative estimate of drug-likeness (QED) is 0.616. The van der Waals surface area contributed by atoms with Crippen LogP contribution in [-0.2, 0) is 22.3 Å². The summed E-state index contributed by atoms with van der Waals surface area (Å²) in [6, 6.07) is 10.5. The van der Waals surface area contributed by atoms with Gasteiger partial charge in [-0.3, -0.25) is 9.59 Å². The fraction of sp³-hybridized carbons (Fsp3) is 0.318. The van der Waals surface area contributed by atoms with Crippen LogP contribution in [0.3, 0.4) is 0 Å². The number of alkyl carbamates (subject to hydrolysis) is 1. The van der Waals surface area contributed by atoms with Gasteiger partial charge in [-0.05, 0) is 62.7 Å². The normalized spacial score (nSPS) is 11.4. The molecule has 3 amide bonds. The van der Waals surface area contributed by atoms with Crippen molar-refractivity contribution in [1.29, 1.82) is 0 Å². The minimum atomic E-state index is -4.47. The topological polar surface area (TPSA) is 96.5 Å². The van der Waals surface area contributed by atoms with Gasteiger partial charge in [-0.2, -0.15) is 13.2 Å². The maximum Gasteiger partial charge on any atom is 0.416 e. The molecule has 2 rings (SSSR count). The molecule has 0 spiro atoms. The number of anilines is 1. The molecule has 3 N–H and O–H groups in total. The first-order chi connectivity index (χ1) is 14.8. The average Bonchev–Trinajstić information content (AvgIpc) is 2.69. The summed E-state index contributed by atoms with van der Waals surface area (Å²) in [5.74, 6) is -1.00. The SMILES string of the molecule is CC(C)(C)OC(=O)NCC(=O)Nc1cccc(CNC(=O)c2ccc(C(F)(F)F)cc2)c1. The Morgan fingerprint density at radius 1 is 0.938 bits per heavy atom. The number of carbonyl (C=O) groups is 3. The van der Waals surface area contributed by atoms with Gasteiger partial charge in [-0.15, -0.1) is 0 Å².